The van der Waals surface area contributed by atoms with E-state index in [4.69, 9.17) is 13.9 Å². The van der Waals surface area contributed by atoms with Crippen molar-refractivity contribution in [3.05, 3.63) is 57.7 Å². The van der Waals surface area contributed by atoms with E-state index in [1.54, 1.807) is 37.4 Å². The molecule has 0 aliphatic rings. The van der Waals surface area contributed by atoms with E-state index in [-0.39, 0.29) is 29.7 Å². The molecule has 1 amide bonds. The Labute approximate surface area is 175 Å². The Kier molecular flexibility index (Phi) is 6.45. The minimum Gasteiger partial charge on any atom is -0.497 e. The van der Waals surface area contributed by atoms with Gasteiger partial charge in [0.05, 0.1) is 12.5 Å². The quantitative estimate of drug-likeness (QED) is 0.627. The van der Waals surface area contributed by atoms with Gasteiger partial charge in [-0.3, -0.25) is 9.59 Å². The van der Waals surface area contributed by atoms with E-state index in [0.29, 0.717) is 28.0 Å². The lowest BCUT2D eigenvalue weighted by Gasteiger charge is -2.15. The summed E-state index contributed by atoms with van der Waals surface area (Å²) < 4.78 is 17.1. The van der Waals surface area contributed by atoms with Crippen molar-refractivity contribution in [3.63, 3.8) is 0 Å². The fourth-order valence-corrected chi connectivity index (χ4v) is 3.25. The molecule has 30 heavy (non-hydrogen) atoms. The van der Waals surface area contributed by atoms with Crippen LogP contribution in [0.15, 0.2) is 45.6 Å². The van der Waals surface area contributed by atoms with Crippen LogP contribution in [0.25, 0.3) is 22.3 Å². The number of fused-ring (bicyclic) bond motifs is 1. The number of aryl methyl sites for hydroxylation is 2. The topological polar surface area (TPSA) is 77.8 Å². The summed E-state index contributed by atoms with van der Waals surface area (Å²) in [5, 5.41) is 3.27. The van der Waals surface area contributed by atoms with E-state index in [0.717, 1.165) is 17.5 Å². The first kappa shape index (κ1) is 21.4. The third-order valence-electron chi connectivity index (χ3n) is 5.00. The second-order valence-electron chi connectivity index (χ2n) is 7.44. The highest BCUT2D eigenvalue weighted by Gasteiger charge is 2.20. The molecule has 0 aliphatic carbocycles. The van der Waals surface area contributed by atoms with E-state index in [9.17, 15) is 9.59 Å². The lowest BCUT2D eigenvalue weighted by Crippen LogP contribution is -2.36. The average molecular weight is 409 g/mol. The third-order valence-corrected chi connectivity index (χ3v) is 5.00. The number of methoxy groups -OCH3 is 1. The van der Waals surface area contributed by atoms with Crippen LogP contribution in [-0.2, 0) is 4.79 Å². The number of rotatable bonds is 7. The van der Waals surface area contributed by atoms with Crippen molar-refractivity contribution in [3.8, 4) is 22.8 Å². The number of hydrogen-bond donors (Lipinski definition) is 1. The van der Waals surface area contributed by atoms with Gasteiger partial charge in [0.1, 0.15) is 11.3 Å². The van der Waals surface area contributed by atoms with Gasteiger partial charge in [0.15, 0.2) is 12.4 Å². The number of ether oxygens (including phenoxy) is 2. The van der Waals surface area contributed by atoms with E-state index in [2.05, 4.69) is 5.32 Å². The van der Waals surface area contributed by atoms with E-state index in [1.807, 2.05) is 33.8 Å². The molecular formula is C24H27NO5. The van der Waals surface area contributed by atoms with Crippen LogP contribution in [-0.4, -0.2) is 25.7 Å². The molecule has 0 radical (unpaired) electrons. The largest absolute Gasteiger partial charge is 0.497 e. The van der Waals surface area contributed by atoms with Gasteiger partial charge in [0, 0.05) is 11.6 Å². The molecule has 1 heterocycles. The van der Waals surface area contributed by atoms with Crippen LogP contribution in [0.5, 0.6) is 11.5 Å². The second kappa shape index (κ2) is 9.03. The smallest absolute Gasteiger partial charge is 0.258 e. The van der Waals surface area contributed by atoms with Gasteiger partial charge in [-0.2, -0.15) is 0 Å². The van der Waals surface area contributed by atoms with Gasteiger partial charge in [-0.05, 0) is 68.7 Å². The van der Waals surface area contributed by atoms with E-state index in [1.165, 1.54) is 0 Å². The molecule has 3 aromatic rings. The summed E-state index contributed by atoms with van der Waals surface area (Å²) in [5.74, 6) is 0.712. The molecule has 0 aliphatic heterocycles. The molecule has 3 rings (SSSR count). The minimum atomic E-state index is -0.301. The van der Waals surface area contributed by atoms with Crippen molar-refractivity contribution in [2.75, 3.05) is 13.7 Å². The third kappa shape index (κ3) is 4.48. The number of nitrogens with one attached hydrogen (secondary N) is 1. The number of hydrogen-bond acceptors (Lipinski definition) is 5. The summed E-state index contributed by atoms with van der Waals surface area (Å²) in [6.45, 7) is 7.45. The van der Waals surface area contributed by atoms with Crippen LogP contribution >= 0.6 is 0 Å². The molecule has 0 spiro atoms. The Bertz CT molecular complexity index is 1120. The van der Waals surface area contributed by atoms with Gasteiger partial charge in [0.25, 0.3) is 5.91 Å². The highest BCUT2D eigenvalue weighted by atomic mass is 16.5. The number of amides is 1. The van der Waals surface area contributed by atoms with Crippen molar-refractivity contribution in [1.29, 1.82) is 0 Å². The number of carbonyl (C=O) groups is 1. The van der Waals surface area contributed by atoms with Gasteiger partial charge >= 0.3 is 0 Å². The molecule has 6 heteroatoms. The lowest BCUT2D eigenvalue weighted by atomic mass is 10.1. The summed E-state index contributed by atoms with van der Waals surface area (Å²) in [6.07, 6.45) is 0.805. The standard InChI is InChI=1S/C24H27NO5/c1-6-16(4)25-20(26)13-29-24-21(27)19-12-14(2)11-15(3)22(19)30-23(24)17-7-9-18(28-5)10-8-17/h7-12,16H,6,13H2,1-5H3,(H,25,26)/t16-/m0/s1. The van der Waals surface area contributed by atoms with Gasteiger partial charge in [-0.1, -0.05) is 13.0 Å². The maximum absolute atomic E-state index is 13.3. The molecule has 158 valence electrons. The van der Waals surface area contributed by atoms with Crippen LogP contribution in [0.2, 0.25) is 0 Å². The Morgan fingerprint density at radius 1 is 1.17 bits per heavy atom. The van der Waals surface area contributed by atoms with E-state index >= 15 is 0 Å². The maximum atomic E-state index is 13.3. The van der Waals surface area contributed by atoms with Gasteiger partial charge in [-0.15, -0.1) is 0 Å². The first-order chi connectivity index (χ1) is 14.3. The average Bonchev–Trinajstić information content (AvgIpc) is 2.73. The second-order valence-corrected chi connectivity index (χ2v) is 7.44. The zero-order valence-corrected chi connectivity index (χ0v) is 18.0. The Hall–Kier alpha value is -3.28. The summed E-state index contributed by atoms with van der Waals surface area (Å²) in [5.41, 5.74) is 2.67. The summed E-state index contributed by atoms with van der Waals surface area (Å²) in [7, 11) is 1.58. The Balaban J connectivity index is 2.10. The molecule has 0 saturated carbocycles. The van der Waals surface area contributed by atoms with Gasteiger partial charge < -0.3 is 19.2 Å². The fourth-order valence-electron chi connectivity index (χ4n) is 3.25. The van der Waals surface area contributed by atoms with Gasteiger partial charge in [0.2, 0.25) is 11.2 Å². The summed E-state index contributed by atoms with van der Waals surface area (Å²) >= 11 is 0. The number of carbonyl (C=O) groups excluding carboxylic acids is 1. The molecule has 0 bridgehead atoms. The highest BCUT2D eigenvalue weighted by Crippen LogP contribution is 2.33. The predicted molar refractivity (Wildman–Crippen MR) is 117 cm³/mol. The lowest BCUT2D eigenvalue weighted by molar-refractivity contribution is -0.123. The number of benzene rings is 2. The molecule has 6 nitrogen and oxygen atoms in total. The summed E-state index contributed by atoms with van der Waals surface area (Å²) in [4.78, 5) is 25.5. The molecule has 0 fully saturated rings. The van der Waals surface area contributed by atoms with Gasteiger partial charge in [-0.25, -0.2) is 0 Å². The summed E-state index contributed by atoms with van der Waals surface area (Å²) in [6, 6.07) is 10.9. The normalized spacial score (nSPS) is 11.9. The van der Waals surface area contributed by atoms with E-state index < -0.39 is 0 Å². The van der Waals surface area contributed by atoms with Crippen molar-refractivity contribution >= 4 is 16.9 Å². The predicted octanol–water partition coefficient (Wildman–Crippen LogP) is 4.38. The van der Waals surface area contributed by atoms with Crippen LogP contribution in [0, 0.1) is 13.8 Å². The molecule has 2 aromatic carbocycles. The van der Waals surface area contributed by atoms with Crippen molar-refractivity contribution in [2.24, 2.45) is 0 Å². The van der Waals surface area contributed by atoms with Crippen LogP contribution in [0.3, 0.4) is 0 Å². The molecular weight excluding hydrogens is 382 g/mol. The minimum absolute atomic E-state index is 0.0250. The zero-order valence-electron chi connectivity index (χ0n) is 18.0. The maximum Gasteiger partial charge on any atom is 0.258 e. The Morgan fingerprint density at radius 3 is 2.50 bits per heavy atom. The molecule has 1 atom stereocenters. The molecule has 1 N–H and O–H groups in total. The Morgan fingerprint density at radius 2 is 1.87 bits per heavy atom. The van der Waals surface area contributed by atoms with Crippen LogP contribution in [0.1, 0.15) is 31.4 Å². The van der Waals surface area contributed by atoms with Crippen molar-refractivity contribution < 1.29 is 18.7 Å². The fraction of sp³-hybridized carbons (Fsp3) is 0.333. The molecule has 0 unspecified atom stereocenters. The SMILES string of the molecule is CC[C@H](C)NC(=O)COc1c(-c2ccc(OC)cc2)oc2c(C)cc(C)cc2c1=O. The molecule has 0 saturated heterocycles. The first-order valence-electron chi connectivity index (χ1n) is 9.98. The molecule has 1 aromatic heterocycles. The van der Waals surface area contributed by atoms with Crippen molar-refractivity contribution in [2.45, 2.75) is 40.2 Å². The van der Waals surface area contributed by atoms with Crippen molar-refractivity contribution in [1.82, 2.24) is 5.32 Å². The first-order valence-corrected chi connectivity index (χ1v) is 9.98. The monoisotopic (exact) mass is 409 g/mol. The van der Waals surface area contributed by atoms with Crippen LogP contribution < -0.4 is 20.2 Å². The van der Waals surface area contributed by atoms with Crippen LogP contribution in [0.4, 0.5) is 0 Å². The zero-order chi connectivity index (χ0) is 21.8. The highest BCUT2D eigenvalue weighted by molar-refractivity contribution is 5.85.